The zero-order valence-corrected chi connectivity index (χ0v) is 12.2. The van der Waals surface area contributed by atoms with E-state index in [1.807, 2.05) is 13.8 Å². The summed E-state index contributed by atoms with van der Waals surface area (Å²) in [6.07, 6.45) is 0. The number of carbonyl (C=O) groups excluding carboxylic acids is 1. The lowest BCUT2D eigenvalue weighted by atomic mass is 9.99. The summed E-state index contributed by atoms with van der Waals surface area (Å²) in [6.45, 7) is 5.80. The van der Waals surface area contributed by atoms with E-state index in [4.69, 9.17) is 9.26 Å². The fraction of sp³-hybridized carbons (Fsp3) is 0.400. The van der Waals surface area contributed by atoms with Crippen molar-refractivity contribution in [3.05, 3.63) is 47.4 Å². The molecular weight excluding hydrogens is 275 g/mol. The minimum atomic E-state index is -0.842. The summed E-state index contributed by atoms with van der Waals surface area (Å²) in [6, 6.07) is 5.58. The minimum absolute atomic E-state index is 0.0820. The van der Waals surface area contributed by atoms with E-state index in [-0.39, 0.29) is 24.2 Å². The van der Waals surface area contributed by atoms with E-state index in [0.29, 0.717) is 11.4 Å². The van der Waals surface area contributed by atoms with Crippen LogP contribution in [0.3, 0.4) is 0 Å². The van der Waals surface area contributed by atoms with Crippen LogP contribution in [-0.4, -0.2) is 22.7 Å². The van der Waals surface area contributed by atoms with Crippen molar-refractivity contribution in [1.29, 1.82) is 0 Å². The highest BCUT2D eigenvalue weighted by molar-refractivity contribution is 5.80. The van der Waals surface area contributed by atoms with Gasteiger partial charge in [0, 0.05) is 5.92 Å². The SMILES string of the molecule is CCOC(=O)C(c1ccc(F)cc1)c1nc(C(C)C)no1. The molecule has 0 fully saturated rings. The number of benzene rings is 1. The Morgan fingerprint density at radius 2 is 2.00 bits per heavy atom. The Morgan fingerprint density at radius 3 is 2.52 bits per heavy atom. The van der Waals surface area contributed by atoms with Gasteiger partial charge in [0.05, 0.1) is 6.61 Å². The second kappa shape index (κ2) is 6.47. The van der Waals surface area contributed by atoms with Crippen molar-refractivity contribution < 1.29 is 18.4 Å². The molecule has 0 radical (unpaired) electrons. The van der Waals surface area contributed by atoms with Gasteiger partial charge in [0.2, 0.25) is 5.89 Å². The molecule has 0 saturated heterocycles. The predicted octanol–water partition coefficient (Wildman–Crippen LogP) is 3.03. The molecule has 1 aromatic carbocycles. The predicted molar refractivity (Wildman–Crippen MR) is 73.3 cm³/mol. The Balaban J connectivity index is 2.39. The van der Waals surface area contributed by atoms with Crippen LogP contribution in [-0.2, 0) is 9.53 Å². The molecule has 2 rings (SSSR count). The van der Waals surface area contributed by atoms with Crippen LogP contribution in [0, 0.1) is 5.82 Å². The molecule has 0 aliphatic rings. The number of esters is 1. The number of ether oxygens (including phenoxy) is 1. The van der Waals surface area contributed by atoms with Gasteiger partial charge in [0.25, 0.3) is 0 Å². The van der Waals surface area contributed by atoms with E-state index in [1.54, 1.807) is 6.92 Å². The molecule has 2 aromatic rings. The largest absolute Gasteiger partial charge is 0.465 e. The second-order valence-corrected chi connectivity index (χ2v) is 4.88. The van der Waals surface area contributed by atoms with E-state index in [2.05, 4.69) is 10.1 Å². The van der Waals surface area contributed by atoms with Gasteiger partial charge in [-0.15, -0.1) is 0 Å². The van der Waals surface area contributed by atoms with Crippen LogP contribution < -0.4 is 0 Å². The minimum Gasteiger partial charge on any atom is -0.465 e. The van der Waals surface area contributed by atoms with Gasteiger partial charge in [-0.2, -0.15) is 4.98 Å². The molecule has 21 heavy (non-hydrogen) atoms. The molecule has 1 unspecified atom stereocenters. The first-order chi connectivity index (χ1) is 10.0. The normalized spacial score (nSPS) is 12.4. The summed E-state index contributed by atoms with van der Waals surface area (Å²) in [4.78, 5) is 16.4. The van der Waals surface area contributed by atoms with E-state index >= 15 is 0 Å². The topological polar surface area (TPSA) is 65.2 Å². The fourth-order valence-electron chi connectivity index (χ4n) is 1.86. The van der Waals surface area contributed by atoms with E-state index in [9.17, 15) is 9.18 Å². The van der Waals surface area contributed by atoms with Crippen molar-refractivity contribution in [2.45, 2.75) is 32.6 Å². The quantitative estimate of drug-likeness (QED) is 0.792. The summed E-state index contributed by atoms with van der Waals surface area (Å²) in [5.41, 5.74) is 0.550. The average molecular weight is 292 g/mol. The molecule has 0 saturated carbocycles. The van der Waals surface area contributed by atoms with Crippen molar-refractivity contribution in [3.63, 3.8) is 0 Å². The Hall–Kier alpha value is -2.24. The molecule has 0 amide bonds. The maximum Gasteiger partial charge on any atom is 0.323 e. The van der Waals surface area contributed by atoms with Gasteiger partial charge in [-0.05, 0) is 24.6 Å². The summed E-state index contributed by atoms with van der Waals surface area (Å²) in [5.74, 6) is -0.966. The van der Waals surface area contributed by atoms with Crippen LogP contribution in [0.5, 0.6) is 0 Å². The molecule has 1 atom stereocenters. The van der Waals surface area contributed by atoms with Gasteiger partial charge >= 0.3 is 5.97 Å². The van der Waals surface area contributed by atoms with Crippen molar-refractivity contribution in [1.82, 2.24) is 10.1 Å². The lowest BCUT2D eigenvalue weighted by Crippen LogP contribution is -2.17. The molecule has 1 aromatic heterocycles. The summed E-state index contributed by atoms with van der Waals surface area (Å²) < 4.78 is 23.3. The number of aromatic nitrogens is 2. The molecule has 6 heteroatoms. The number of hydrogen-bond acceptors (Lipinski definition) is 5. The lowest BCUT2D eigenvalue weighted by molar-refractivity contribution is -0.144. The number of rotatable bonds is 5. The van der Waals surface area contributed by atoms with Gasteiger partial charge in [-0.3, -0.25) is 4.79 Å². The molecule has 112 valence electrons. The van der Waals surface area contributed by atoms with Crippen LogP contribution in [0.2, 0.25) is 0 Å². The number of halogens is 1. The van der Waals surface area contributed by atoms with Crippen LogP contribution in [0.1, 0.15) is 49.9 Å². The third-order valence-electron chi connectivity index (χ3n) is 2.95. The fourth-order valence-corrected chi connectivity index (χ4v) is 1.86. The third kappa shape index (κ3) is 3.45. The van der Waals surface area contributed by atoms with Crippen LogP contribution >= 0.6 is 0 Å². The zero-order valence-electron chi connectivity index (χ0n) is 12.2. The number of hydrogen-bond donors (Lipinski definition) is 0. The monoisotopic (exact) mass is 292 g/mol. The van der Waals surface area contributed by atoms with E-state index in [0.717, 1.165) is 0 Å². The zero-order chi connectivity index (χ0) is 15.4. The summed E-state index contributed by atoms with van der Waals surface area (Å²) in [5, 5.41) is 3.85. The highest BCUT2D eigenvalue weighted by Crippen LogP contribution is 2.26. The molecule has 0 aliphatic heterocycles. The molecular formula is C15H17FN2O3. The molecule has 1 heterocycles. The first-order valence-corrected chi connectivity index (χ1v) is 6.78. The maximum atomic E-state index is 13.0. The van der Waals surface area contributed by atoms with Gasteiger partial charge in [-0.25, -0.2) is 4.39 Å². The maximum absolute atomic E-state index is 13.0. The molecule has 0 aliphatic carbocycles. The van der Waals surface area contributed by atoms with Crippen molar-refractivity contribution >= 4 is 5.97 Å². The van der Waals surface area contributed by atoms with E-state index < -0.39 is 11.9 Å². The van der Waals surface area contributed by atoms with Crippen molar-refractivity contribution in [2.24, 2.45) is 0 Å². The highest BCUT2D eigenvalue weighted by atomic mass is 19.1. The Morgan fingerprint density at radius 1 is 1.33 bits per heavy atom. The van der Waals surface area contributed by atoms with Crippen LogP contribution in [0.25, 0.3) is 0 Å². The van der Waals surface area contributed by atoms with Crippen molar-refractivity contribution in [3.8, 4) is 0 Å². The van der Waals surface area contributed by atoms with E-state index in [1.165, 1.54) is 24.3 Å². The first kappa shape index (κ1) is 15.2. The number of nitrogens with zero attached hydrogens (tertiary/aromatic N) is 2. The van der Waals surface area contributed by atoms with Crippen molar-refractivity contribution in [2.75, 3.05) is 6.61 Å². The summed E-state index contributed by atoms with van der Waals surface area (Å²) in [7, 11) is 0. The molecule has 0 spiro atoms. The smallest absolute Gasteiger partial charge is 0.323 e. The Bertz CT molecular complexity index is 608. The highest BCUT2D eigenvalue weighted by Gasteiger charge is 2.30. The average Bonchev–Trinajstić information content (AvgIpc) is 2.91. The van der Waals surface area contributed by atoms with Gasteiger partial charge < -0.3 is 9.26 Å². The molecule has 5 nitrogen and oxygen atoms in total. The molecule has 0 bridgehead atoms. The Labute approximate surface area is 122 Å². The summed E-state index contributed by atoms with van der Waals surface area (Å²) >= 11 is 0. The first-order valence-electron chi connectivity index (χ1n) is 6.78. The van der Waals surface area contributed by atoms with Gasteiger partial charge in [0.1, 0.15) is 5.82 Å². The van der Waals surface area contributed by atoms with Gasteiger partial charge in [-0.1, -0.05) is 31.1 Å². The number of carbonyl (C=O) groups is 1. The van der Waals surface area contributed by atoms with Crippen LogP contribution in [0.4, 0.5) is 4.39 Å². The third-order valence-corrected chi connectivity index (χ3v) is 2.95. The van der Waals surface area contributed by atoms with Gasteiger partial charge in [0.15, 0.2) is 11.7 Å². The Kier molecular flexibility index (Phi) is 4.67. The lowest BCUT2D eigenvalue weighted by Gasteiger charge is -2.12. The molecule has 0 N–H and O–H groups in total. The standard InChI is InChI=1S/C15H17FN2O3/c1-4-20-15(19)12(10-5-7-11(16)8-6-10)14-17-13(9(2)3)18-21-14/h5-9,12H,4H2,1-3H3. The second-order valence-electron chi connectivity index (χ2n) is 4.88. The van der Waals surface area contributed by atoms with Crippen LogP contribution in [0.15, 0.2) is 28.8 Å².